The minimum Gasteiger partial charge on any atom is -0.481 e. The molecule has 0 aliphatic carbocycles. The first-order valence-corrected chi connectivity index (χ1v) is 3.59. The van der Waals surface area contributed by atoms with Crippen LogP contribution in [0.5, 0.6) is 0 Å². The summed E-state index contributed by atoms with van der Waals surface area (Å²) < 4.78 is 1.51. The van der Waals surface area contributed by atoms with Crippen LogP contribution in [0.4, 0.5) is 5.82 Å². The molecular formula is C7H9N3O3. The van der Waals surface area contributed by atoms with Crippen LogP contribution in [0.3, 0.4) is 0 Å². The number of carbonyl (C=O) groups excluding carboxylic acids is 1. The Hall–Kier alpha value is -1.85. The fraction of sp³-hybridized carbons (Fsp3) is 0.286. The van der Waals surface area contributed by atoms with Gasteiger partial charge in [0, 0.05) is 19.3 Å². The molecule has 2 N–H and O–H groups in total. The Morgan fingerprint density at radius 2 is 2.38 bits per heavy atom. The fourth-order valence-electron chi connectivity index (χ4n) is 0.806. The van der Waals surface area contributed by atoms with Gasteiger partial charge in [0.1, 0.15) is 6.42 Å². The Bertz CT molecular complexity index is 331. The summed E-state index contributed by atoms with van der Waals surface area (Å²) in [5.41, 5.74) is 0. The standard InChI is InChI=1S/C7H9N3O3/c1-10-3-2-5(9-10)8-6(11)4-7(12)13/h2-3H,4H2,1H3,(H,12,13)(H,8,9,11). The smallest absolute Gasteiger partial charge is 0.312 e. The van der Waals surface area contributed by atoms with E-state index in [1.165, 1.54) is 4.68 Å². The highest BCUT2D eigenvalue weighted by molar-refractivity contribution is 6.00. The Morgan fingerprint density at radius 3 is 2.85 bits per heavy atom. The minimum atomic E-state index is -1.16. The van der Waals surface area contributed by atoms with Crippen molar-refractivity contribution in [1.82, 2.24) is 9.78 Å². The van der Waals surface area contributed by atoms with Gasteiger partial charge in [0.05, 0.1) is 0 Å². The van der Waals surface area contributed by atoms with Gasteiger partial charge in [0.2, 0.25) is 5.91 Å². The molecule has 1 rings (SSSR count). The average Bonchev–Trinajstić information content (AvgIpc) is 2.33. The molecule has 0 unspecified atom stereocenters. The number of amides is 1. The molecule has 0 fully saturated rings. The maximum atomic E-state index is 10.9. The molecule has 1 aromatic heterocycles. The van der Waals surface area contributed by atoms with Crippen molar-refractivity contribution in [3.8, 4) is 0 Å². The number of hydrogen-bond acceptors (Lipinski definition) is 3. The van der Waals surface area contributed by atoms with Gasteiger partial charge in [-0.05, 0) is 0 Å². The number of anilines is 1. The van der Waals surface area contributed by atoms with E-state index in [2.05, 4.69) is 10.4 Å². The molecule has 0 spiro atoms. The maximum Gasteiger partial charge on any atom is 0.312 e. The van der Waals surface area contributed by atoms with Crippen molar-refractivity contribution in [3.05, 3.63) is 12.3 Å². The Morgan fingerprint density at radius 1 is 1.69 bits per heavy atom. The second-order valence-electron chi connectivity index (χ2n) is 2.49. The van der Waals surface area contributed by atoms with Crippen molar-refractivity contribution < 1.29 is 14.7 Å². The van der Waals surface area contributed by atoms with Crippen molar-refractivity contribution in [2.45, 2.75) is 6.42 Å². The van der Waals surface area contributed by atoms with Gasteiger partial charge in [-0.2, -0.15) is 5.10 Å². The molecule has 1 aromatic rings. The van der Waals surface area contributed by atoms with Gasteiger partial charge in [0.25, 0.3) is 0 Å². The number of rotatable bonds is 3. The largest absolute Gasteiger partial charge is 0.481 e. The van der Waals surface area contributed by atoms with Gasteiger partial charge < -0.3 is 10.4 Å². The highest BCUT2D eigenvalue weighted by Gasteiger charge is 2.08. The van der Waals surface area contributed by atoms with Crippen LogP contribution in [-0.2, 0) is 16.6 Å². The molecule has 1 heterocycles. The molecule has 0 saturated carbocycles. The van der Waals surface area contributed by atoms with Crippen LogP contribution in [0, 0.1) is 0 Å². The lowest BCUT2D eigenvalue weighted by atomic mass is 10.4. The monoisotopic (exact) mass is 183 g/mol. The first-order chi connectivity index (χ1) is 6.08. The molecular weight excluding hydrogens is 174 g/mol. The van der Waals surface area contributed by atoms with E-state index < -0.39 is 18.3 Å². The molecule has 6 nitrogen and oxygen atoms in total. The van der Waals surface area contributed by atoms with E-state index in [4.69, 9.17) is 5.11 Å². The van der Waals surface area contributed by atoms with Crippen LogP contribution in [-0.4, -0.2) is 26.8 Å². The zero-order valence-corrected chi connectivity index (χ0v) is 7.02. The summed E-state index contributed by atoms with van der Waals surface area (Å²) >= 11 is 0. The van der Waals surface area contributed by atoms with Crippen molar-refractivity contribution in [2.75, 3.05) is 5.32 Å². The summed E-state index contributed by atoms with van der Waals surface area (Å²) in [7, 11) is 1.70. The lowest BCUT2D eigenvalue weighted by Gasteiger charge is -1.97. The Balaban J connectivity index is 2.50. The van der Waals surface area contributed by atoms with Crippen molar-refractivity contribution in [1.29, 1.82) is 0 Å². The predicted molar refractivity (Wildman–Crippen MR) is 44.1 cm³/mol. The van der Waals surface area contributed by atoms with Crippen LogP contribution in [0.25, 0.3) is 0 Å². The summed E-state index contributed by atoms with van der Waals surface area (Å²) in [6.45, 7) is 0. The summed E-state index contributed by atoms with van der Waals surface area (Å²) in [6, 6.07) is 1.58. The van der Waals surface area contributed by atoms with E-state index in [9.17, 15) is 9.59 Å². The normalized spacial score (nSPS) is 9.62. The summed E-state index contributed by atoms with van der Waals surface area (Å²) in [5, 5.41) is 14.5. The molecule has 0 atom stereocenters. The van der Waals surface area contributed by atoms with Crippen LogP contribution in [0.15, 0.2) is 12.3 Å². The van der Waals surface area contributed by atoms with E-state index in [0.717, 1.165) is 0 Å². The van der Waals surface area contributed by atoms with Gasteiger partial charge in [-0.3, -0.25) is 14.3 Å². The van der Waals surface area contributed by atoms with E-state index >= 15 is 0 Å². The van der Waals surface area contributed by atoms with Crippen LogP contribution >= 0.6 is 0 Å². The summed E-state index contributed by atoms with van der Waals surface area (Å²) in [5.74, 6) is -1.38. The Labute approximate surface area is 74.2 Å². The number of carboxylic acid groups (broad SMARTS) is 1. The third-order valence-electron chi connectivity index (χ3n) is 1.29. The van der Waals surface area contributed by atoms with E-state index in [-0.39, 0.29) is 0 Å². The number of aryl methyl sites for hydroxylation is 1. The van der Waals surface area contributed by atoms with Crippen molar-refractivity contribution >= 4 is 17.7 Å². The van der Waals surface area contributed by atoms with E-state index in [1.54, 1.807) is 19.3 Å². The number of carboxylic acids is 1. The summed E-state index contributed by atoms with van der Waals surface area (Å²) in [4.78, 5) is 21.0. The van der Waals surface area contributed by atoms with E-state index in [0.29, 0.717) is 5.82 Å². The number of hydrogen-bond donors (Lipinski definition) is 2. The van der Waals surface area contributed by atoms with Gasteiger partial charge in [0.15, 0.2) is 5.82 Å². The zero-order valence-electron chi connectivity index (χ0n) is 7.02. The number of aliphatic carboxylic acids is 1. The van der Waals surface area contributed by atoms with Crippen LogP contribution in [0.2, 0.25) is 0 Å². The van der Waals surface area contributed by atoms with Crippen molar-refractivity contribution in [2.24, 2.45) is 7.05 Å². The lowest BCUT2D eigenvalue weighted by molar-refractivity contribution is -0.139. The Kier molecular flexibility index (Phi) is 2.63. The number of aromatic nitrogens is 2. The average molecular weight is 183 g/mol. The molecule has 0 aliphatic heterocycles. The molecule has 70 valence electrons. The summed E-state index contributed by atoms with van der Waals surface area (Å²) in [6.07, 6.45) is 1.10. The minimum absolute atomic E-state index is 0.355. The zero-order chi connectivity index (χ0) is 9.84. The molecule has 0 saturated heterocycles. The molecule has 0 aliphatic rings. The molecule has 6 heteroatoms. The molecule has 0 radical (unpaired) electrons. The molecule has 0 aromatic carbocycles. The van der Waals surface area contributed by atoms with Gasteiger partial charge in [-0.25, -0.2) is 0 Å². The fourth-order valence-corrected chi connectivity index (χ4v) is 0.806. The number of carbonyl (C=O) groups is 2. The molecule has 0 bridgehead atoms. The van der Waals surface area contributed by atoms with Gasteiger partial charge in [-0.1, -0.05) is 0 Å². The highest BCUT2D eigenvalue weighted by Crippen LogP contribution is 2.00. The maximum absolute atomic E-state index is 10.9. The lowest BCUT2D eigenvalue weighted by Crippen LogP contribution is -2.16. The predicted octanol–water partition coefficient (Wildman–Crippen LogP) is -0.167. The SMILES string of the molecule is Cn1ccc(NC(=O)CC(=O)O)n1. The number of nitrogens with one attached hydrogen (secondary N) is 1. The first-order valence-electron chi connectivity index (χ1n) is 3.59. The van der Waals surface area contributed by atoms with Gasteiger partial charge in [-0.15, -0.1) is 0 Å². The molecule has 1 amide bonds. The van der Waals surface area contributed by atoms with Crippen LogP contribution < -0.4 is 5.32 Å². The second kappa shape index (κ2) is 3.70. The second-order valence-corrected chi connectivity index (χ2v) is 2.49. The first kappa shape index (κ1) is 9.24. The molecule has 13 heavy (non-hydrogen) atoms. The van der Waals surface area contributed by atoms with Crippen molar-refractivity contribution in [3.63, 3.8) is 0 Å². The van der Waals surface area contributed by atoms with Crippen LogP contribution in [0.1, 0.15) is 6.42 Å². The quantitative estimate of drug-likeness (QED) is 0.637. The van der Waals surface area contributed by atoms with E-state index in [1.807, 2.05) is 0 Å². The highest BCUT2D eigenvalue weighted by atomic mass is 16.4. The van der Waals surface area contributed by atoms with Gasteiger partial charge >= 0.3 is 5.97 Å². The topological polar surface area (TPSA) is 84.2 Å². The number of nitrogens with zero attached hydrogens (tertiary/aromatic N) is 2. The third kappa shape index (κ3) is 2.94. The third-order valence-corrected chi connectivity index (χ3v) is 1.29.